The lowest BCUT2D eigenvalue weighted by molar-refractivity contribution is 0.112. The second-order valence-electron chi connectivity index (χ2n) is 2.98. The van der Waals surface area contributed by atoms with Gasteiger partial charge in [-0.1, -0.05) is 27.7 Å². The lowest BCUT2D eigenvalue weighted by atomic mass is 10.3. The first-order chi connectivity index (χ1) is 7.33. The highest BCUT2D eigenvalue weighted by Crippen LogP contribution is 2.35. The van der Waals surface area contributed by atoms with Gasteiger partial charge in [-0.2, -0.15) is 5.10 Å². The monoisotopic (exact) mass is 210 g/mol. The molecule has 0 atom stereocenters. The van der Waals surface area contributed by atoms with Crippen LogP contribution in [-0.4, -0.2) is 16.1 Å². The molecule has 1 aliphatic carbocycles. The van der Waals surface area contributed by atoms with Gasteiger partial charge in [0.05, 0.1) is 17.8 Å². The maximum atomic E-state index is 10.4. The molecule has 1 saturated carbocycles. The molecule has 0 aromatic carbocycles. The molecule has 0 bridgehead atoms. The molecule has 2 rings (SSSR count). The zero-order chi connectivity index (χ0) is 11.8. The normalized spacial score (nSPS) is 13.1. The van der Waals surface area contributed by atoms with Crippen molar-refractivity contribution in [2.24, 2.45) is 0 Å². The lowest BCUT2D eigenvalue weighted by Gasteiger charge is -1.99. The van der Waals surface area contributed by atoms with E-state index < -0.39 is 0 Å². The molecule has 0 N–H and O–H groups in total. The van der Waals surface area contributed by atoms with Crippen molar-refractivity contribution < 1.29 is 4.79 Å². The largest absolute Gasteiger partial charge is 0.298 e. The fourth-order valence-corrected chi connectivity index (χ4v) is 1.24. The van der Waals surface area contributed by atoms with Gasteiger partial charge in [0.2, 0.25) is 0 Å². The predicted octanol–water partition coefficient (Wildman–Crippen LogP) is 3.39. The summed E-state index contributed by atoms with van der Waals surface area (Å²) in [7, 11) is 0. The summed E-state index contributed by atoms with van der Waals surface area (Å²) in [6, 6.07) is 0.573. The number of rotatable bonds is 2. The van der Waals surface area contributed by atoms with Crippen LogP contribution in [0, 0.1) is 6.92 Å². The van der Waals surface area contributed by atoms with Crippen LogP contribution >= 0.6 is 0 Å². The molecular formula is C12H22N2O. The van der Waals surface area contributed by atoms with E-state index in [-0.39, 0.29) is 0 Å². The van der Waals surface area contributed by atoms with Crippen molar-refractivity contribution in [1.82, 2.24) is 9.78 Å². The molecule has 15 heavy (non-hydrogen) atoms. The van der Waals surface area contributed by atoms with Gasteiger partial charge < -0.3 is 0 Å². The Kier molecular flexibility index (Phi) is 6.67. The number of carbonyl (C=O) groups is 1. The van der Waals surface area contributed by atoms with Crippen LogP contribution in [0.2, 0.25) is 0 Å². The second-order valence-corrected chi connectivity index (χ2v) is 2.98. The Labute approximate surface area is 92.5 Å². The lowest BCUT2D eigenvalue weighted by Crippen LogP contribution is -1.98. The highest BCUT2D eigenvalue weighted by atomic mass is 16.1. The molecule has 1 fully saturated rings. The van der Waals surface area contributed by atoms with E-state index in [2.05, 4.69) is 5.10 Å². The molecule has 0 amide bonds. The van der Waals surface area contributed by atoms with Gasteiger partial charge >= 0.3 is 0 Å². The maximum Gasteiger partial charge on any atom is 0.153 e. The molecule has 0 aliphatic heterocycles. The highest BCUT2D eigenvalue weighted by Gasteiger charge is 2.26. The molecule has 1 aromatic rings. The molecule has 1 aromatic heterocycles. The van der Waals surface area contributed by atoms with Crippen molar-refractivity contribution in [2.45, 2.75) is 53.5 Å². The van der Waals surface area contributed by atoms with Gasteiger partial charge in [0.1, 0.15) is 0 Å². The van der Waals surface area contributed by atoms with Gasteiger partial charge in [0.15, 0.2) is 6.29 Å². The van der Waals surface area contributed by atoms with Crippen molar-refractivity contribution in [3.05, 3.63) is 17.5 Å². The Hall–Kier alpha value is -1.12. The van der Waals surface area contributed by atoms with Crippen molar-refractivity contribution >= 4 is 6.29 Å². The first-order valence-corrected chi connectivity index (χ1v) is 5.82. The summed E-state index contributed by atoms with van der Waals surface area (Å²) in [5, 5.41) is 4.13. The number of nitrogens with zero attached hydrogens (tertiary/aromatic N) is 2. The first-order valence-electron chi connectivity index (χ1n) is 5.82. The number of carbonyl (C=O) groups excluding carboxylic acids is 1. The minimum absolute atomic E-state index is 0.573. The van der Waals surface area contributed by atoms with E-state index in [1.54, 1.807) is 6.20 Å². The van der Waals surface area contributed by atoms with Crippen molar-refractivity contribution in [3.63, 3.8) is 0 Å². The predicted molar refractivity (Wildman–Crippen MR) is 63.3 cm³/mol. The van der Waals surface area contributed by atoms with E-state index in [4.69, 9.17) is 0 Å². The minimum atomic E-state index is 0.573. The van der Waals surface area contributed by atoms with Crippen molar-refractivity contribution in [1.29, 1.82) is 0 Å². The fourth-order valence-electron chi connectivity index (χ4n) is 1.24. The van der Waals surface area contributed by atoms with Gasteiger partial charge in [0, 0.05) is 5.69 Å². The van der Waals surface area contributed by atoms with E-state index in [9.17, 15) is 4.79 Å². The SMILES string of the molecule is CC.CC.Cc1c(C=O)cnn1C1CC1. The number of hydrogen-bond acceptors (Lipinski definition) is 2. The van der Waals surface area contributed by atoms with E-state index in [0.717, 1.165) is 17.5 Å². The molecule has 0 spiro atoms. The Morgan fingerprint density at radius 3 is 2.20 bits per heavy atom. The summed E-state index contributed by atoms with van der Waals surface area (Å²) < 4.78 is 1.95. The minimum Gasteiger partial charge on any atom is -0.298 e. The third kappa shape index (κ3) is 3.50. The number of aldehydes is 1. The highest BCUT2D eigenvalue weighted by molar-refractivity contribution is 5.75. The summed E-state index contributed by atoms with van der Waals surface area (Å²) >= 11 is 0. The molecule has 0 radical (unpaired) electrons. The number of hydrogen-bond donors (Lipinski definition) is 0. The van der Waals surface area contributed by atoms with Gasteiger partial charge in [-0.15, -0.1) is 0 Å². The average Bonchev–Trinajstić information content (AvgIpc) is 3.08. The maximum absolute atomic E-state index is 10.4. The average molecular weight is 210 g/mol. The quantitative estimate of drug-likeness (QED) is 0.701. The van der Waals surface area contributed by atoms with E-state index in [0.29, 0.717) is 6.04 Å². The summed E-state index contributed by atoms with van der Waals surface area (Å²) in [6.07, 6.45) is 4.92. The van der Waals surface area contributed by atoms with Crippen LogP contribution in [0.5, 0.6) is 0 Å². The van der Waals surface area contributed by atoms with E-state index in [1.165, 1.54) is 12.8 Å². The van der Waals surface area contributed by atoms with Crippen LogP contribution in [0.15, 0.2) is 6.20 Å². The first kappa shape index (κ1) is 13.9. The fraction of sp³-hybridized carbons (Fsp3) is 0.667. The standard InChI is InChI=1S/C8H10N2O.2C2H6/c1-6-7(5-11)4-9-10(6)8-2-3-8;2*1-2/h4-5,8H,2-3H2,1H3;2*1-2H3. The molecule has 1 heterocycles. The van der Waals surface area contributed by atoms with Crippen LogP contribution in [0.4, 0.5) is 0 Å². The van der Waals surface area contributed by atoms with Crippen LogP contribution in [0.25, 0.3) is 0 Å². The Balaban J connectivity index is 0.000000442. The molecule has 0 unspecified atom stereocenters. The van der Waals surface area contributed by atoms with Gasteiger partial charge in [-0.3, -0.25) is 9.48 Å². The molecule has 1 aliphatic rings. The Morgan fingerprint density at radius 1 is 1.33 bits per heavy atom. The molecule has 3 nitrogen and oxygen atoms in total. The smallest absolute Gasteiger partial charge is 0.153 e. The Morgan fingerprint density at radius 2 is 1.87 bits per heavy atom. The molecule has 0 saturated heterocycles. The number of aromatic nitrogens is 2. The summed E-state index contributed by atoms with van der Waals surface area (Å²) in [5.74, 6) is 0. The Bertz CT molecular complexity index is 288. The third-order valence-corrected chi connectivity index (χ3v) is 2.10. The summed E-state index contributed by atoms with van der Waals surface area (Å²) in [4.78, 5) is 10.4. The summed E-state index contributed by atoms with van der Waals surface area (Å²) in [6.45, 7) is 9.94. The topological polar surface area (TPSA) is 34.9 Å². The van der Waals surface area contributed by atoms with Crippen molar-refractivity contribution in [3.8, 4) is 0 Å². The third-order valence-electron chi connectivity index (χ3n) is 2.10. The van der Waals surface area contributed by atoms with Crippen LogP contribution in [0.1, 0.15) is 62.6 Å². The summed E-state index contributed by atoms with van der Waals surface area (Å²) in [5.41, 5.74) is 1.72. The molecular weight excluding hydrogens is 188 g/mol. The van der Waals surface area contributed by atoms with Crippen LogP contribution in [0.3, 0.4) is 0 Å². The van der Waals surface area contributed by atoms with E-state index >= 15 is 0 Å². The zero-order valence-corrected chi connectivity index (χ0v) is 10.4. The van der Waals surface area contributed by atoms with Crippen molar-refractivity contribution in [2.75, 3.05) is 0 Å². The second kappa shape index (κ2) is 7.21. The van der Waals surface area contributed by atoms with Gasteiger partial charge in [-0.25, -0.2) is 0 Å². The van der Waals surface area contributed by atoms with Gasteiger partial charge in [0.25, 0.3) is 0 Å². The van der Waals surface area contributed by atoms with Crippen LogP contribution in [-0.2, 0) is 0 Å². The zero-order valence-electron chi connectivity index (χ0n) is 10.4. The molecule has 86 valence electrons. The van der Waals surface area contributed by atoms with Gasteiger partial charge in [-0.05, 0) is 19.8 Å². The van der Waals surface area contributed by atoms with E-state index in [1.807, 2.05) is 39.3 Å². The molecule has 3 heteroatoms. The van der Waals surface area contributed by atoms with Crippen LogP contribution < -0.4 is 0 Å².